The second-order valence-electron chi connectivity index (χ2n) is 5.72. The van der Waals surface area contributed by atoms with E-state index in [-0.39, 0.29) is 5.56 Å². The zero-order valence-corrected chi connectivity index (χ0v) is 16.3. The molecule has 5 nitrogen and oxygen atoms in total. The maximum absolute atomic E-state index is 13.6. The third-order valence-electron chi connectivity index (χ3n) is 3.87. The highest BCUT2D eigenvalue weighted by molar-refractivity contribution is 7.22. The summed E-state index contributed by atoms with van der Waals surface area (Å²) in [5.74, 6) is -0.242. The van der Waals surface area contributed by atoms with Crippen LogP contribution in [0.25, 0.3) is 10.2 Å². The van der Waals surface area contributed by atoms with Crippen molar-refractivity contribution in [2.75, 3.05) is 12.1 Å². The van der Waals surface area contributed by atoms with Gasteiger partial charge in [-0.25, -0.2) is 9.37 Å². The van der Waals surface area contributed by atoms with Gasteiger partial charge in [0, 0.05) is 10.4 Å². The molecule has 4 aromatic rings. The predicted molar refractivity (Wildman–Crippen MR) is 111 cm³/mol. The predicted octanol–water partition coefficient (Wildman–Crippen LogP) is 5.19. The summed E-state index contributed by atoms with van der Waals surface area (Å²) in [5.41, 5.74) is 0.921. The molecule has 0 atom stereocenters. The summed E-state index contributed by atoms with van der Waals surface area (Å²) in [6.07, 6.45) is 1.59. The third-order valence-corrected chi connectivity index (χ3v) is 5.67. The number of rotatable bonds is 5. The number of hydrazone groups is 1. The molecule has 0 unspecified atom stereocenters. The van der Waals surface area contributed by atoms with Crippen molar-refractivity contribution in [2.24, 2.45) is 5.10 Å². The van der Waals surface area contributed by atoms with Crippen molar-refractivity contribution in [2.45, 2.75) is 0 Å². The number of ether oxygens (including phenoxy) is 1. The molecule has 0 aliphatic rings. The Balaban J connectivity index is 1.77. The van der Waals surface area contributed by atoms with Crippen LogP contribution in [0.5, 0.6) is 5.75 Å². The van der Waals surface area contributed by atoms with Gasteiger partial charge in [-0.05, 0) is 47.8 Å². The van der Waals surface area contributed by atoms with Crippen LogP contribution in [0.1, 0.15) is 15.2 Å². The molecule has 1 amide bonds. The van der Waals surface area contributed by atoms with Crippen LogP contribution >= 0.6 is 22.7 Å². The number of amides is 1. The number of halogens is 1. The van der Waals surface area contributed by atoms with E-state index in [9.17, 15) is 9.18 Å². The fourth-order valence-electron chi connectivity index (χ4n) is 2.52. The van der Waals surface area contributed by atoms with Crippen LogP contribution in [0, 0.1) is 5.82 Å². The fraction of sp³-hybridized carbons (Fsp3) is 0.0500. The lowest BCUT2D eigenvalue weighted by Gasteiger charge is -2.13. The van der Waals surface area contributed by atoms with Crippen LogP contribution in [0.4, 0.5) is 9.52 Å². The van der Waals surface area contributed by atoms with E-state index in [1.165, 1.54) is 45.9 Å². The van der Waals surface area contributed by atoms with Crippen molar-refractivity contribution in [3.8, 4) is 5.75 Å². The topological polar surface area (TPSA) is 54.8 Å². The number of thiophene rings is 1. The van der Waals surface area contributed by atoms with E-state index >= 15 is 0 Å². The Morgan fingerprint density at radius 2 is 2.11 bits per heavy atom. The van der Waals surface area contributed by atoms with E-state index in [1.807, 2.05) is 29.6 Å². The Bertz CT molecular complexity index is 1160. The van der Waals surface area contributed by atoms with Crippen molar-refractivity contribution < 1.29 is 13.9 Å². The molecule has 0 fully saturated rings. The molecule has 28 heavy (non-hydrogen) atoms. The first-order chi connectivity index (χ1) is 13.6. The van der Waals surface area contributed by atoms with Crippen molar-refractivity contribution in [3.05, 3.63) is 76.2 Å². The van der Waals surface area contributed by atoms with Gasteiger partial charge in [-0.1, -0.05) is 23.5 Å². The molecule has 2 aromatic heterocycles. The molecule has 8 heteroatoms. The average Bonchev–Trinajstić information content (AvgIpc) is 3.37. The van der Waals surface area contributed by atoms with Crippen molar-refractivity contribution in [1.82, 2.24) is 4.98 Å². The Labute approximate surface area is 168 Å². The normalized spacial score (nSPS) is 11.2. The van der Waals surface area contributed by atoms with Crippen LogP contribution in [0.15, 0.2) is 65.1 Å². The lowest BCUT2D eigenvalue weighted by Crippen LogP contribution is -2.25. The minimum Gasteiger partial charge on any atom is -0.497 e. The molecule has 2 aromatic carbocycles. The number of anilines is 1. The molecule has 0 N–H and O–H groups in total. The van der Waals surface area contributed by atoms with Gasteiger partial charge >= 0.3 is 0 Å². The number of carbonyl (C=O) groups excluding carboxylic acids is 1. The SMILES string of the molecule is COc1ccc2nc(N(N=Cc3cccs3)C(=O)c3cccc(F)c3)sc2c1. The number of fused-ring (bicyclic) bond motifs is 1. The molecule has 0 aliphatic heterocycles. The van der Waals surface area contributed by atoms with Crippen molar-refractivity contribution >= 4 is 50.1 Å². The minimum atomic E-state index is -0.484. The zero-order chi connectivity index (χ0) is 19.5. The second-order valence-corrected chi connectivity index (χ2v) is 7.71. The highest BCUT2D eigenvalue weighted by atomic mass is 32.1. The van der Waals surface area contributed by atoms with E-state index in [2.05, 4.69) is 10.1 Å². The Morgan fingerprint density at radius 3 is 2.86 bits per heavy atom. The van der Waals surface area contributed by atoms with Crippen LogP contribution in [0.2, 0.25) is 0 Å². The number of benzene rings is 2. The first-order valence-electron chi connectivity index (χ1n) is 8.26. The van der Waals surface area contributed by atoms with Gasteiger partial charge in [-0.15, -0.1) is 11.3 Å². The Morgan fingerprint density at radius 1 is 1.21 bits per heavy atom. The van der Waals surface area contributed by atoms with Gasteiger partial charge in [0.1, 0.15) is 11.6 Å². The fourth-order valence-corrected chi connectivity index (χ4v) is 4.05. The van der Waals surface area contributed by atoms with Gasteiger partial charge in [0.25, 0.3) is 5.91 Å². The second kappa shape index (κ2) is 7.87. The smallest absolute Gasteiger partial charge is 0.280 e. The number of carbonyl (C=O) groups is 1. The van der Waals surface area contributed by atoms with Gasteiger partial charge in [0.05, 0.1) is 23.5 Å². The number of hydrogen-bond acceptors (Lipinski definition) is 6. The standard InChI is InChI=1S/C20H14FN3O2S2/c1-26-15-7-8-17-18(11-15)28-20(23-17)24(22-12-16-6-3-9-27-16)19(25)13-4-2-5-14(21)10-13/h2-12H,1H3. The van der Waals surface area contributed by atoms with Gasteiger partial charge in [0.2, 0.25) is 5.13 Å². The summed E-state index contributed by atoms with van der Waals surface area (Å²) in [6, 6.07) is 14.8. The summed E-state index contributed by atoms with van der Waals surface area (Å²) in [4.78, 5) is 18.5. The molecule has 0 saturated heterocycles. The maximum atomic E-state index is 13.6. The van der Waals surface area contributed by atoms with E-state index in [0.717, 1.165) is 15.1 Å². The molecule has 0 aliphatic carbocycles. The molecular formula is C20H14FN3O2S2. The van der Waals surface area contributed by atoms with Gasteiger partial charge < -0.3 is 4.74 Å². The summed E-state index contributed by atoms with van der Waals surface area (Å²) in [7, 11) is 1.59. The molecule has 2 heterocycles. The summed E-state index contributed by atoms with van der Waals surface area (Å²) < 4.78 is 19.7. The monoisotopic (exact) mass is 411 g/mol. The highest BCUT2D eigenvalue weighted by Gasteiger charge is 2.21. The van der Waals surface area contributed by atoms with E-state index in [1.54, 1.807) is 25.5 Å². The number of thiazole rings is 1. The zero-order valence-electron chi connectivity index (χ0n) is 14.7. The van der Waals surface area contributed by atoms with Crippen molar-refractivity contribution in [1.29, 1.82) is 0 Å². The number of methoxy groups -OCH3 is 1. The van der Waals surface area contributed by atoms with Gasteiger partial charge in [0.15, 0.2) is 0 Å². The Hall–Kier alpha value is -3.10. The first kappa shape index (κ1) is 18.3. The number of nitrogens with zero attached hydrogens (tertiary/aromatic N) is 3. The van der Waals surface area contributed by atoms with Crippen LogP contribution in [-0.2, 0) is 0 Å². The first-order valence-corrected chi connectivity index (χ1v) is 9.96. The van der Waals surface area contributed by atoms with Crippen LogP contribution in [0.3, 0.4) is 0 Å². The number of aromatic nitrogens is 1. The Kier molecular flexibility index (Phi) is 5.14. The van der Waals surface area contributed by atoms with Gasteiger partial charge in [-0.2, -0.15) is 10.1 Å². The molecular weight excluding hydrogens is 397 g/mol. The molecule has 0 radical (unpaired) electrons. The number of hydrogen-bond donors (Lipinski definition) is 0. The van der Waals surface area contributed by atoms with E-state index < -0.39 is 11.7 Å². The van der Waals surface area contributed by atoms with Crippen LogP contribution < -0.4 is 9.75 Å². The molecule has 0 saturated carbocycles. The summed E-state index contributed by atoms with van der Waals surface area (Å²) in [5, 5.41) is 7.86. The van der Waals surface area contributed by atoms with Crippen molar-refractivity contribution in [3.63, 3.8) is 0 Å². The summed E-state index contributed by atoms with van der Waals surface area (Å²) in [6.45, 7) is 0. The van der Waals surface area contributed by atoms with E-state index in [4.69, 9.17) is 4.74 Å². The molecule has 0 spiro atoms. The van der Waals surface area contributed by atoms with E-state index in [0.29, 0.717) is 10.9 Å². The molecule has 4 rings (SSSR count). The lowest BCUT2D eigenvalue weighted by atomic mass is 10.2. The minimum absolute atomic E-state index is 0.195. The van der Waals surface area contributed by atoms with Gasteiger partial charge in [-0.3, -0.25) is 4.79 Å². The third kappa shape index (κ3) is 3.78. The lowest BCUT2D eigenvalue weighted by molar-refractivity contribution is 0.0987. The largest absolute Gasteiger partial charge is 0.497 e. The maximum Gasteiger partial charge on any atom is 0.280 e. The molecule has 140 valence electrons. The average molecular weight is 411 g/mol. The molecule has 0 bridgehead atoms. The highest BCUT2D eigenvalue weighted by Crippen LogP contribution is 2.32. The quantitative estimate of drug-likeness (QED) is 0.336. The van der Waals surface area contributed by atoms with Crippen LogP contribution in [-0.4, -0.2) is 24.2 Å². The summed E-state index contributed by atoms with van der Waals surface area (Å²) >= 11 is 2.81.